The van der Waals surface area contributed by atoms with Gasteiger partial charge in [-0.05, 0) is 42.2 Å². The van der Waals surface area contributed by atoms with Crippen LogP contribution in [0, 0.1) is 0 Å². The molecule has 2 heterocycles. The number of sulfonamides is 2. The number of carbonyl (C=O) groups excluding carboxylic acids is 1. The van der Waals surface area contributed by atoms with Gasteiger partial charge in [-0.1, -0.05) is 32.9 Å². The molecule has 1 aliphatic rings. The number of nitrogens with one attached hydrogen (secondary N) is 1. The fraction of sp³-hybridized carbons (Fsp3) is 0.478. The van der Waals surface area contributed by atoms with Gasteiger partial charge in [0.1, 0.15) is 5.69 Å². The van der Waals surface area contributed by atoms with Crippen molar-refractivity contribution in [2.75, 3.05) is 46.1 Å². The van der Waals surface area contributed by atoms with E-state index in [9.17, 15) is 21.6 Å². The minimum atomic E-state index is -4.12. The second-order valence-electron chi connectivity index (χ2n) is 9.82. The minimum Gasteiger partial charge on any atom is -0.351 e. The van der Waals surface area contributed by atoms with Crippen molar-refractivity contribution in [3.63, 3.8) is 0 Å². The van der Waals surface area contributed by atoms with Gasteiger partial charge in [-0.3, -0.25) is 0 Å². The highest BCUT2D eigenvalue weighted by Crippen LogP contribution is 2.32. The Kier molecular flexibility index (Phi) is 7.37. The average molecular weight is 524 g/mol. The van der Waals surface area contributed by atoms with Crippen LogP contribution in [0.15, 0.2) is 42.6 Å². The van der Waals surface area contributed by atoms with Crippen LogP contribution in [-0.2, 0) is 25.5 Å². The summed E-state index contributed by atoms with van der Waals surface area (Å²) < 4.78 is 49.6. The first-order chi connectivity index (χ1) is 16.1. The molecule has 0 radical (unpaired) electrons. The maximum Gasteiger partial charge on any atom is 0.322 e. The normalized spacial score (nSPS) is 17.3. The number of hydrogen-bond acceptors (Lipinski definition) is 7. The largest absolute Gasteiger partial charge is 0.351 e. The first-order valence-corrected chi connectivity index (χ1v) is 14.9. The third-order valence-electron chi connectivity index (χ3n) is 5.76. The van der Waals surface area contributed by atoms with Crippen LogP contribution < -0.4 is 13.9 Å². The maximum atomic E-state index is 13.0. The highest BCUT2D eigenvalue weighted by atomic mass is 32.3. The first kappa shape index (κ1) is 26.7. The number of anilines is 3. The predicted octanol–water partition coefficient (Wildman–Crippen LogP) is 2.85. The lowest BCUT2D eigenvalue weighted by atomic mass is 9.87. The van der Waals surface area contributed by atoms with Gasteiger partial charge in [0.2, 0.25) is 20.0 Å². The van der Waals surface area contributed by atoms with Crippen molar-refractivity contribution in [1.82, 2.24) is 9.88 Å². The molecule has 1 unspecified atom stereocenters. The lowest BCUT2D eigenvalue weighted by Crippen LogP contribution is -2.55. The van der Waals surface area contributed by atoms with E-state index in [0.29, 0.717) is 29.0 Å². The molecule has 1 aromatic heterocycles. The molecule has 0 spiro atoms. The minimum absolute atomic E-state index is 0.0154. The molecule has 35 heavy (non-hydrogen) atoms. The van der Waals surface area contributed by atoms with Gasteiger partial charge in [0.15, 0.2) is 5.82 Å². The summed E-state index contributed by atoms with van der Waals surface area (Å²) in [5.41, 5.74) is 1.84. The van der Waals surface area contributed by atoms with E-state index in [-0.39, 0.29) is 29.0 Å². The SMILES string of the molecule is CC1CN(c2ncccc2N(S(C)(=O)=O)S(C)(=O)=O)CCN1C(=O)Nc1ccc(C(C)(C)C)cc1. The fourth-order valence-corrected chi connectivity index (χ4v) is 7.05. The van der Waals surface area contributed by atoms with Crippen LogP contribution in [0.3, 0.4) is 0 Å². The van der Waals surface area contributed by atoms with Gasteiger partial charge >= 0.3 is 6.03 Å². The average Bonchev–Trinajstić information content (AvgIpc) is 2.71. The van der Waals surface area contributed by atoms with Crippen molar-refractivity contribution in [3.05, 3.63) is 48.2 Å². The number of piperazine rings is 1. The lowest BCUT2D eigenvalue weighted by Gasteiger charge is -2.41. The monoisotopic (exact) mass is 523 g/mol. The molecule has 0 aliphatic carbocycles. The highest BCUT2D eigenvalue weighted by molar-refractivity contribution is 8.09. The van der Waals surface area contributed by atoms with E-state index in [1.165, 1.54) is 23.9 Å². The molecule has 1 atom stereocenters. The van der Waals surface area contributed by atoms with Gasteiger partial charge in [-0.15, -0.1) is 0 Å². The number of carbonyl (C=O) groups is 1. The molecule has 2 aromatic rings. The number of urea groups is 1. The third-order valence-corrected chi connectivity index (χ3v) is 8.98. The summed E-state index contributed by atoms with van der Waals surface area (Å²) >= 11 is 0. The number of hydrogen-bond donors (Lipinski definition) is 1. The number of rotatable bonds is 5. The molecular weight excluding hydrogens is 490 g/mol. The summed E-state index contributed by atoms with van der Waals surface area (Å²) in [4.78, 5) is 20.7. The smallest absolute Gasteiger partial charge is 0.322 e. The molecular formula is C23H33N5O5S2. The Bertz CT molecular complexity index is 1260. The molecule has 1 fully saturated rings. The summed E-state index contributed by atoms with van der Waals surface area (Å²) in [5, 5.41) is 2.93. The topological polar surface area (TPSA) is 120 Å². The van der Waals surface area contributed by atoms with E-state index in [0.717, 1.165) is 12.5 Å². The Morgan fingerprint density at radius 1 is 1.03 bits per heavy atom. The quantitative estimate of drug-likeness (QED) is 0.640. The van der Waals surface area contributed by atoms with Gasteiger partial charge in [-0.25, -0.2) is 26.6 Å². The van der Waals surface area contributed by atoms with Crippen LogP contribution in [0.25, 0.3) is 0 Å². The number of amides is 2. The number of nitrogens with zero attached hydrogens (tertiary/aromatic N) is 4. The van der Waals surface area contributed by atoms with Gasteiger partial charge < -0.3 is 15.1 Å². The lowest BCUT2D eigenvalue weighted by molar-refractivity contribution is 0.184. The van der Waals surface area contributed by atoms with E-state index in [4.69, 9.17) is 0 Å². The van der Waals surface area contributed by atoms with E-state index in [1.807, 2.05) is 31.2 Å². The van der Waals surface area contributed by atoms with Crippen LogP contribution >= 0.6 is 0 Å². The van der Waals surface area contributed by atoms with Crippen molar-refractivity contribution < 1.29 is 21.6 Å². The third kappa shape index (κ3) is 6.23. The first-order valence-electron chi connectivity index (χ1n) is 11.2. The van der Waals surface area contributed by atoms with E-state index >= 15 is 0 Å². The summed E-state index contributed by atoms with van der Waals surface area (Å²) in [5.74, 6) is 0.230. The molecule has 1 aliphatic heterocycles. The Morgan fingerprint density at radius 2 is 1.63 bits per heavy atom. The molecule has 192 valence electrons. The van der Waals surface area contributed by atoms with Crippen molar-refractivity contribution in [1.29, 1.82) is 0 Å². The number of pyridine rings is 1. The Labute approximate surface area is 208 Å². The Balaban J connectivity index is 1.77. The Hall–Kier alpha value is -2.86. The van der Waals surface area contributed by atoms with E-state index < -0.39 is 20.0 Å². The molecule has 0 saturated carbocycles. The van der Waals surface area contributed by atoms with Crippen molar-refractivity contribution in [2.45, 2.75) is 39.2 Å². The zero-order valence-electron chi connectivity index (χ0n) is 20.9. The van der Waals surface area contributed by atoms with Crippen molar-refractivity contribution in [3.8, 4) is 0 Å². The molecule has 1 aromatic carbocycles. The zero-order chi connectivity index (χ0) is 26.2. The van der Waals surface area contributed by atoms with Crippen LogP contribution in [0.5, 0.6) is 0 Å². The molecule has 2 amide bonds. The van der Waals surface area contributed by atoms with Crippen LogP contribution in [-0.4, -0.2) is 70.9 Å². The maximum absolute atomic E-state index is 13.0. The van der Waals surface area contributed by atoms with Crippen molar-refractivity contribution >= 4 is 43.3 Å². The summed E-state index contributed by atoms with van der Waals surface area (Å²) in [7, 11) is -8.23. The highest BCUT2D eigenvalue weighted by Gasteiger charge is 2.34. The molecule has 10 nitrogen and oxygen atoms in total. The zero-order valence-corrected chi connectivity index (χ0v) is 22.5. The number of benzene rings is 1. The molecule has 12 heteroatoms. The second-order valence-corrected chi connectivity index (χ2v) is 13.7. The van der Waals surface area contributed by atoms with Crippen LogP contribution in [0.4, 0.5) is 22.0 Å². The molecule has 1 N–H and O–H groups in total. The number of aromatic nitrogens is 1. The van der Waals surface area contributed by atoms with E-state index in [2.05, 4.69) is 31.1 Å². The second kappa shape index (κ2) is 9.65. The Morgan fingerprint density at radius 3 is 2.14 bits per heavy atom. The van der Waals surface area contributed by atoms with E-state index in [1.54, 1.807) is 9.80 Å². The van der Waals surface area contributed by atoms with Gasteiger partial charge in [0.05, 0.1) is 12.5 Å². The van der Waals surface area contributed by atoms with Crippen molar-refractivity contribution in [2.24, 2.45) is 0 Å². The van der Waals surface area contributed by atoms with Gasteiger partial charge in [-0.2, -0.15) is 3.71 Å². The van der Waals surface area contributed by atoms with Crippen LogP contribution in [0.2, 0.25) is 0 Å². The fourth-order valence-electron chi connectivity index (χ4n) is 4.08. The summed E-state index contributed by atoms with van der Waals surface area (Å²) in [6, 6.07) is 10.2. The van der Waals surface area contributed by atoms with Crippen LogP contribution in [0.1, 0.15) is 33.3 Å². The standard InChI is InChI=1S/C23H33N5O5S2/c1-17-16-26(21-20(8-7-13-24-21)28(34(5,30)31)35(6,32)33)14-15-27(17)22(29)25-19-11-9-18(10-12-19)23(2,3)4/h7-13,17H,14-16H2,1-6H3,(H,25,29). The molecule has 3 rings (SSSR count). The van der Waals surface area contributed by atoms with Gasteiger partial charge in [0.25, 0.3) is 0 Å². The van der Waals surface area contributed by atoms with Gasteiger partial charge in [0, 0.05) is 37.6 Å². The molecule has 1 saturated heterocycles. The molecule has 0 bridgehead atoms. The summed E-state index contributed by atoms with van der Waals surface area (Å²) in [6.07, 6.45) is 3.15. The predicted molar refractivity (Wildman–Crippen MR) is 139 cm³/mol. The summed E-state index contributed by atoms with van der Waals surface area (Å²) in [6.45, 7) is 9.30.